The maximum Gasteiger partial charge on any atom is 0.230 e. The zero-order valence-corrected chi connectivity index (χ0v) is 12.3. The van der Waals surface area contributed by atoms with E-state index >= 15 is 0 Å². The van der Waals surface area contributed by atoms with Crippen LogP contribution >= 0.6 is 0 Å². The summed E-state index contributed by atoms with van der Waals surface area (Å²) in [6, 6.07) is 4.45. The van der Waals surface area contributed by atoms with Gasteiger partial charge in [-0.25, -0.2) is 0 Å². The van der Waals surface area contributed by atoms with Gasteiger partial charge in [0.2, 0.25) is 5.91 Å². The van der Waals surface area contributed by atoms with E-state index in [-0.39, 0.29) is 11.5 Å². The van der Waals surface area contributed by atoms with Crippen LogP contribution in [0.4, 0.5) is 0 Å². The van der Waals surface area contributed by atoms with Crippen LogP contribution in [0.15, 0.2) is 18.3 Å². The number of carbonyl (C=O) groups is 1. The van der Waals surface area contributed by atoms with Crippen LogP contribution in [0.3, 0.4) is 0 Å². The van der Waals surface area contributed by atoms with E-state index in [9.17, 15) is 4.79 Å². The first-order chi connectivity index (χ1) is 9.68. The van der Waals surface area contributed by atoms with Crippen molar-refractivity contribution in [1.82, 2.24) is 9.47 Å². The summed E-state index contributed by atoms with van der Waals surface area (Å²) in [4.78, 5) is 15.0. The van der Waals surface area contributed by atoms with Crippen LogP contribution in [0.5, 0.6) is 0 Å². The van der Waals surface area contributed by atoms with Crippen molar-refractivity contribution >= 4 is 5.91 Å². The number of hydrogen-bond acceptors (Lipinski definition) is 2. The Hall–Kier alpha value is -1.29. The Bertz CT molecular complexity index is 490. The van der Waals surface area contributed by atoms with Gasteiger partial charge in [0.1, 0.15) is 0 Å². The van der Waals surface area contributed by atoms with Crippen molar-refractivity contribution in [3.8, 4) is 0 Å². The molecule has 20 heavy (non-hydrogen) atoms. The van der Waals surface area contributed by atoms with Gasteiger partial charge < -0.3 is 15.2 Å². The molecular weight excluding hydrogens is 250 g/mol. The molecular formula is C16H25N3O. The minimum atomic E-state index is -0.228. The number of nitrogens with zero attached hydrogens (tertiary/aromatic N) is 2. The Kier molecular flexibility index (Phi) is 3.59. The zero-order chi connectivity index (χ0) is 14.2. The fourth-order valence-electron chi connectivity index (χ4n) is 3.44. The Morgan fingerprint density at radius 3 is 2.80 bits per heavy atom. The number of carbonyl (C=O) groups excluding carboxylic acids is 1. The van der Waals surface area contributed by atoms with Crippen molar-refractivity contribution in [1.29, 1.82) is 0 Å². The van der Waals surface area contributed by atoms with Crippen molar-refractivity contribution in [2.24, 2.45) is 18.2 Å². The average Bonchev–Trinajstić information content (AvgIpc) is 3.20. The van der Waals surface area contributed by atoms with E-state index in [1.165, 1.54) is 18.5 Å². The first-order valence-electron chi connectivity index (χ1n) is 7.80. The summed E-state index contributed by atoms with van der Waals surface area (Å²) in [5.41, 5.74) is 6.89. The van der Waals surface area contributed by atoms with Gasteiger partial charge in [-0.3, -0.25) is 4.79 Å². The number of aromatic nitrogens is 1. The molecule has 1 atom stereocenters. The van der Waals surface area contributed by atoms with Crippen LogP contribution in [0.1, 0.15) is 50.3 Å². The molecule has 1 aliphatic heterocycles. The standard InChI is InChI=1S/C16H25N3O/c1-18-10-5-7-13(18)14-6-3-2-4-11-19(14)15(20)16(12-17)8-9-16/h5,7,10,14H,2-4,6,8-9,11-12,17H2,1H3. The second-order valence-corrected chi connectivity index (χ2v) is 6.39. The Morgan fingerprint density at radius 2 is 2.20 bits per heavy atom. The lowest BCUT2D eigenvalue weighted by atomic mass is 10.0. The highest BCUT2D eigenvalue weighted by molar-refractivity contribution is 5.86. The van der Waals surface area contributed by atoms with Gasteiger partial charge in [-0.1, -0.05) is 12.8 Å². The maximum absolute atomic E-state index is 12.9. The predicted molar refractivity (Wildman–Crippen MR) is 79.1 cm³/mol. The molecule has 110 valence electrons. The highest BCUT2D eigenvalue weighted by Gasteiger charge is 2.51. The molecule has 2 heterocycles. The molecule has 2 N–H and O–H groups in total. The van der Waals surface area contributed by atoms with E-state index in [4.69, 9.17) is 5.73 Å². The number of nitrogens with two attached hydrogens (primary N) is 1. The summed E-state index contributed by atoms with van der Waals surface area (Å²) in [6.45, 7) is 1.39. The third-order valence-corrected chi connectivity index (χ3v) is 5.04. The topological polar surface area (TPSA) is 51.3 Å². The van der Waals surface area contributed by atoms with Gasteiger partial charge in [0, 0.05) is 32.0 Å². The molecule has 1 amide bonds. The minimum Gasteiger partial charge on any atom is -0.353 e. The summed E-state index contributed by atoms with van der Waals surface area (Å²) in [7, 11) is 2.07. The molecule has 2 aliphatic rings. The highest BCUT2D eigenvalue weighted by Crippen LogP contribution is 2.48. The molecule has 3 rings (SSSR count). The lowest BCUT2D eigenvalue weighted by Crippen LogP contribution is -2.43. The van der Waals surface area contributed by atoms with Gasteiger partial charge in [0.05, 0.1) is 11.5 Å². The largest absolute Gasteiger partial charge is 0.353 e. The third-order valence-electron chi connectivity index (χ3n) is 5.04. The molecule has 0 aromatic carbocycles. The first kappa shape index (κ1) is 13.7. The number of rotatable bonds is 3. The average molecular weight is 275 g/mol. The number of hydrogen-bond donors (Lipinski definition) is 1. The van der Waals surface area contributed by atoms with Crippen molar-refractivity contribution < 1.29 is 4.79 Å². The molecule has 0 radical (unpaired) electrons. The lowest BCUT2D eigenvalue weighted by Gasteiger charge is -2.33. The summed E-state index contributed by atoms with van der Waals surface area (Å²) in [5, 5.41) is 0. The van der Waals surface area contributed by atoms with Crippen molar-refractivity contribution in [2.45, 2.75) is 44.6 Å². The van der Waals surface area contributed by atoms with Crippen molar-refractivity contribution in [2.75, 3.05) is 13.1 Å². The fraction of sp³-hybridized carbons (Fsp3) is 0.688. The Balaban J connectivity index is 1.88. The van der Waals surface area contributed by atoms with Gasteiger partial charge >= 0.3 is 0 Å². The van der Waals surface area contributed by atoms with Crippen LogP contribution in [0.25, 0.3) is 0 Å². The molecule has 2 fully saturated rings. The molecule has 1 aromatic heterocycles. The van der Waals surface area contributed by atoms with Gasteiger partial charge in [-0.15, -0.1) is 0 Å². The van der Waals surface area contributed by atoms with Gasteiger partial charge in [-0.05, 0) is 37.8 Å². The van der Waals surface area contributed by atoms with E-state index in [2.05, 4.69) is 34.8 Å². The molecule has 0 bridgehead atoms. The first-order valence-corrected chi connectivity index (χ1v) is 7.80. The second-order valence-electron chi connectivity index (χ2n) is 6.39. The molecule has 4 heteroatoms. The SMILES string of the molecule is Cn1cccc1C1CCCCCN1C(=O)C1(CN)CC1. The van der Waals surface area contributed by atoms with E-state index in [0.29, 0.717) is 12.5 Å². The van der Waals surface area contributed by atoms with Crippen LogP contribution in [0, 0.1) is 5.41 Å². The summed E-state index contributed by atoms with van der Waals surface area (Å²) in [5.74, 6) is 0.299. The van der Waals surface area contributed by atoms with Crippen LogP contribution in [0.2, 0.25) is 0 Å². The van der Waals surface area contributed by atoms with Gasteiger partial charge in [-0.2, -0.15) is 0 Å². The smallest absolute Gasteiger partial charge is 0.230 e. The van der Waals surface area contributed by atoms with Crippen LogP contribution in [-0.4, -0.2) is 28.5 Å². The molecule has 4 nitrogen and oxygen atoms in total. The van der Waals surface area contributed by atoms with Gasteiger partial charge in [0.15, 0.2) is 0 Å². The highest BCUT2D eigenvalue weighted by atomic mass is 16.2. The van der Waals surface area contributed by atoms with Crippen molar-refractivity contribution in [3.05, 3.63) is 24.0 Å². The Morgan fingerprint density at radius 1 is 1.40 bits per heavy atom. The minimum absolute atomic E-state index is 0.228. The Labute approximate surface area is 120 Å². The maximum atomic E-state index is 12.9. The zero-order valence-electron chi connectivity index (χ0n) is 12.3. The normalized spacial score (nSPS) is 25.3. The quantitative estimate of drug-likeness (QED) is 0.919. The monoisotopic (exact) mass is 275 g/mol. The molecule has 1 unspecified atom stereocenters. The van der Waals surface area contributed by atoms with Crippen LogP contribution in [-0.2, 0) is 11.8 Å². The second kappa shape index (κ2) is 5.24. The lowest BCUT2D eigenvalue weighted by molar-refractivity contribution is -0.139. The fourth-order valence-corrected chi connectivity index (χ4v) is 3.44. The van der Waals surface area contributed by atoms with Gasteiger partial charge in [0.25, 0.3) is 0 Å². The molecule has 1 aliphatic carbocycles. The summed E-state index contributed by atoms with van der Waals surface area (Å²) in [6.07, 6.45) is 8.63. The van der Waals surface area contributed by atoms with E-state index in [1.807, 2.05) is 0 Å². The number of amides is 1. The molecule has 1 aromatic rings. The molecule has 1 saturated carbocycles. The third kappa shape index (κ3) is 2.26. The molecule has 0 spiro atoms. The van der Waals surface area contributed by atoms with Crippen LogP contribution < -0.4 is 5.73 Å². The molecule has 1 saturated heterocycles. The summed E-state index contributed by atoms with van der Waals surface area (Å²) < 4.78 is 2.15. The van der Waals surface area contributed by atoms with E-state index < -0.39 is 0 Å². The predicted octanol–water partition coefficient (Wildman–Crippen LogP) is 2.21. The summed E-state index contributed by atoms with van der Waals surface area (Å²) >= 11 is 0. The van der Waals surface area contributed by atoms with E-state index in [1.54, 1.807) is 0 Å². The number of aryl methyl sites for hydroxylation is 1. The number of likely N-dealkylation sites (tertiary alicyclic amines) is 1. The van der Waals surface area contributed by atoms with Crippen molar-refractivity contribution in [3.63, 3.8) is 0 Å². The van der Waals surface area contributed by atoms with E-state index in [0.717, 1.165) is 32.2 Å².